The lowest BCUT2D eigenvalue weighted by molar-refractivity contribution is -0.0122. The molecule has 1 aliphatic carbocycles. The standard InChI is InChI=1S/C10H19O/c1-8(2)10(3)6-4-5-9(11)7-10/h8-9H,4-7H2,1-3H3. The maximum absolute atomic E-state index is 11.3. The van der Waals surface area contributed by atoms with Crippen LogP contribution in [-0.2, 0) is 5.11 Å². The van der Waals surface area contributed by atoms with Crippen molar-refractivity contribution in [1.29, 1.82) is 0 Å². The first-order valence-corrected chi connectivity index (χ1v) is 4.70. The number of hydrogen-bond acceptors (Lipinski definition) is 0. The van der Waals surface area contributed by atoms with Gasteiger partial charge in [0, 0.05) is 0 Å². The molecule has 1 aliphatic rings. The Bertz CT molecular complexity index is 131. The van der Waals surface area contributed by atoms with Gasteiger partial charge in [0.15, 0.2) is 0 Å². The molecule has 0 N–H and O–H groups in total. The first-order valence-electron chi connectivity index (χ1n) is 4.70. The molecule has 0 spiro atoms. The van der Waals surface area contributed by atoms with E-state index in [1.807, 2.05) is 0 Å². The topological polar surface area (TPSA) is 19.9 Å². The van der Waals surface area contributed by atoms with Gasteiger partial charge in [0.25, 0.3) is 0 Å². The minimum atomic E-state index is -0.281. The van der Waals surface area contributed by atoms with Crippen molar-refractivity contribution in [1.82, 2.24) is 0 Å². The second kappa shape index (κ2) is 3.14. The molecule has 0 bridgehead atoms. The van der Waals surface area contributed by atoms with Crippen molar-refractivity contribution in [2.75, 3.05) is 0 Å². The fraction of sp³-hybridized carbons (Fsp3) is 1.00. The molecule has 1 nitrogen and oxygen atoms in total. The van der Waals surface area contributed by atoms with Crippen LogP contribution in [0.1, 0.15) is 46.5 Å². The van der Waals surface area contributed by atoms with E-state index in [1.165, 1.54) is 6.42 Å². The summed E-state index contributed by atoms with van der Waals surface area (Å²) in [5.74, 6) is 0.666. The van der Waals surface area contributed by atoms with Gasteiger partial charge >= 0.3 is 0 Å². The highest BCUT2D eigenvalue weighted by Crippen LogP contribution is 2.41. The summed E-state index contributed by atoms with van der Waals surface area (Å²) in [5.41, 5.74) is 0.338. The molecule has 65 valence electrons. The van der Waals surface area contributed by atoms with Crippen molar-refractivity contribution < 1.29 is 5.11 Å². The zero-order chi connectivity index (χ0) is 8.48. The zero-order valence-electron chi connectivity index (χ0n) is 7.89. The van der Waals surface area contributed by atoms with Gasteiger partial charge in [0.2, 0.25) is 0 Å². The summed E-state index contributed by atoms with van der Waals surface area (Å²) in [7, 11) is 0. The molecule has 1 fully saturated rings. The highest BCUT2D eigenvalue weighted by atomic mass is 16.3. The monoisotopic (exact) mass is 155 g/mol. The lowest BCUT2D eigenvalue weighted by Crippen LogP contribution is -2.32. The van der Waals surface area contributed by atoms with Crippen molar-refractivity contribution in [3.63, 3.8) is 0 Å². The summed E-state index contributed by atoms with van der Waals surface area (Å²) >= 11 is 0. The Morgan fingerprint density at radius 2 is 2.09 bits per heavy atom. The van der Waals surface area contributed by atoms with Crippen molar-refractivity contribution in [2.45, 2.75) is 52.6 Å². The van der Waals surface area contributed by atoms with Crippen molar-refractivity contribution >= 4 is 0 Å². The molecule has 0 heterocycles. The van der Waals surface area contributed by atoms with Gasteiger partial charge in [-0.1, -0.05) is 27.2 Å². The average Bonchev–Trinajstić information content (AvgIpc) is 1.86. The van der Waals surface area contributed by atoms with Crippen molar-refractivity contribution in [3.05, 3.63) is 0 Å². The third-order valence-corrected chi connectivity index (χ3v) is 3.36. The Labute approximate surface area is 69.8 Å². The molecule has 1 rings (SSSR count). The molecular weight excluding hydrogens is 136 g/mol. The van der Waals surface area contributed by atoms with Crippen LogP contribution in [0.2, 0.25) is 0 Å². The molecule has 1 saturated carbocycles. The van der Waals surface area contributed by atoms with Gasteiger partial charge < -0.3 is 0 Å². The van der Waals surface area contributed by atoms with Crippen LogP contribution < -0.4 is 0 Å². The van der Waals surface area contributed by atoms with Crippen LogP contribution in [0.4, 0.5) is 0 Å². The summed E-state index contributed by atoms with van der Waals surface area (Å²) in [4.78, 5) is 0. The molecule has 2 unspecified atom stereocenters. The Hall–Kier alpha value is -0.0400. The van der Waals surface area contributed by atoms with E-state index in [2.05, 4.69) is 20.8 Å². The predicted molar refractivity (Wildman–Crippen MR) is 45.9 cm³/mol. The summed E-state index contributed by atoms with van der Waals surface area (Å²) in [6.45, 7) is 6.73. The molecule has 0 amide bonds. The average molecular weight is 155 g/mol. The van der Waals surface area contributed by atoms with E-state index in [4.69, 9.17) is 0 Å². The molecule has 1 radical (unpaired) electrons. The third-order valence-electron chi connectivity index (χ3n) is 3.36. The summed E-state index contributed by atoms with van der Waals surface area (Å²) < 4.78 is 0. The minimum Gasteiger partial charge on any atom is -0.233 e. The highest BCUT2D eigenvalue weighted by molar-refractivity contribution is 4.84. The molecule has 2 atom stereocenters. The van der Waals surface area contributed by atoms with Crippen LogP contribution in [0.5, 0.6) is 0 Å². The molecule has 0 aromatic carbocycles. The van der Waals surface area contributed by atoms with Crippen LogP contribution in [-0.4, -0.2) is 6.10 Å². The second-order valence-electron chi connectivity index (χ2n) is 4.53. The predicted octanol–water partition coefficient (Wildman–Crippen LogP) is 3.02. The number of hydrogen-bond donors (Lipinski definition) is 0. The fourth-order valence-electron chi connectivity index (χ4n) is 1.98. The van der Waals surface area contributed by atoms with Crippen molar-refractivity contribution in [3.8, 4) is 0 Å². The van der Waals surface area contributed by atoms with Gasteiger partial charge in [-0.2, -0.15) is 0 Å². The largest absolute Gasteiger partial charge is 0.233 e. The zero-order valence-corrected chi connectivity index (χ0v) is 7.89. The second-order valence-corrected chi connectivity index (χ2v) is 4.53. The normalized spacial score (nSPS) is 39.5. The summed E-state index contributed by atoms with van der Waals surface area (Å²) in [5, 5.41) is 11.3. The molecule has 0 aromatic rings. The lowest BCUT2D eigenvalue weighted by Gasteiger charge is -2.38. The maximum atomic E-state index is 11.3. The molecule has 11 heavy (non-hydrogen) atoms. The van der Waals surface area contributed by atoms with E-state index in [0.29, 0.717) is 11.3 Å². The van der Waals surface area contributed by atoms with E-state index in [1.54, 1.807) is 0 Å². The third kappa shape index (κ3) is 1.96. The Balaban J connectivity index is 2.55. The van der Waals surface area contributed by atoms with Crippen LogP contribution in [0.25, 0.3) is 0 Å². The minimum absolute atomic E-state index is 0.281. The molecule has 0 aromatic heterocycles. The summed E-state index contributed by atoms with van der Waals surface area (Å²) in [6, 6.07) is 0. The highest BCUT2D eigenvalue weighted by Gasteiger charge is 2.34. The number of rotatable bonds is 1. The van der Waals surface area contributed by atoms with Crippen molar-refractivity contribution in [2.24, 2.45) is 11.3 Å². The maximum Gasteiger partial charge on any atom is 0.0935 e. The van der Waals surface area contributed by atoms with Gasteiger partial charge in [-0.05, 0) is 30.6 Å². The summed E-state index contributed by atoms with van der Waals surface area (Å²) in [6.07, 6.45) is 3.91. The van der Waals surface area contributed by atoms with Gasteiger partial charge in [0.1, 0.15) is 0 Å². The van der Waals surface area contributed by atoms with Crippen LogP contribution in [0, 0.1) is 11.3 Å². The molecule has 0 saturated heterocycles. The Kier molecular flexibility index (Phi) is 2.58. The van der Waals surface area contributed by atoms with E-state index in [-0.39, 0.29) is 6.10 Å². The van der Waals surface area contributed by atoms with Gasteiger partial charge in [-0.3, -0.25) is 0 Å². The Morgan fingerprint density at radius 3 is 2.45 bits per heavy atom. The first-order chi connectivity index (χ1) is 5.04. The molecule has 0 aliphatic heterocycles. The first kappa shape index (κ1) is 9.05. The van der Waals surface area contributed by atoms with Gasteiger partial charge in [0.05, 0.1) is 6.10 Å². The quantitative estimate of drug-likeness (QED) is 0.554. The smallest absolute Gasteiger partial charge is 0.0935 e. The Morgan fingerprint density at radius 1 is 1.45 bits per heavy atom. The van der Waals surface area contributed by atoms with Gasteiger partial charge in [-0.15, -0.1) is 0 Å². The van der Waals surface area contributed by atoms with E-state index in [9.17, 15) is 5.11 Å². The van der Waals surface area contributed by atoms with E-state index in [0.717, 1.165) is 19.3 Å². The SMILES string of the molecule is CC(C)C1(C)CCCC([O])C1. The van der Waals surface area contributed by atoms with Crippen LogP contribution in [0.3, 0.4) is 0 Å². The fourth-order valence-corrected chi connectivity index (χ4v) is 1.98. The van der Waals surface area contributed by atoms with Gasteiger partial charge in [-0.25, -0.2) is 5.11 Å². The van der Waals surface area contributed by atoms with Crippen LogP contribution in [0.15, 0.2) is 0 Å². The van der Waals surface area contributed by atoms with Crippen LogP contribution >= 0.6 is 0 Å². The lowest BCUT2D eigenvalue weighted by atomic mass is 9.68. The van der Waals surface area contributed by atoms with E-state index < -0.39 is 0 Å². The molecule has 1 heteroatoms. The van der Waals surface area contributed by atoms with E-state index >= 15 is 0 Å². The molecular formula is C10H19O.